The van der Waals surface area contributed by atoms with Crippen molar-refractivity contribution in [1.82, 2.24) is 19.7 Å². The Hall–Kier alpha value is -2.81. The number of thioether (sulfide) groups is 1. The second kappa shape index (κ2) is 8.47. The number of nitrogens with zero attached hydrogens (tertiary/aromatic N) is 4. The lowest BCUT2D eigenvalue weighted by atomic mass is 10.2. The molecule has 9 heteroatoms. The molecule has 1 atom stereocenters. The summed E-state index contributed by atoms with van der Waals surface area (Å²) < 4.78 is 7.65. The zero-order chi connectivity index (χ0) is 20.3. The Bertz CT molecular complexity index is 964. The number of amides is 2. The molecule has 0 spiro atoms. The van der Waals surface area contributed by atoms with Gasteiger partial charge in [-0.25, -0.2) is 0 Å². The van der Waals surface area contributed by atoms with E-state index >= 15 is 0 Å². The Kier molecular flexibility index (Phi) is 6.03. The fourth-order valence-corrected chi connectivity index (χ4v) is 3.62. The normalized spacial score (nSPS) is 12.2. The molecule has 0 bridgehead atoms. The molecule has 148 valence electrons. The van der Waals surface area contributed by atoms with Crippen LogP contribution in [0.25, 0.3) is 11.0 Å². The van der Waals surface area contributed by atoms with Gasteiger partial charge in [-0.05, 0) is 19.1 Å². The fraction of sp³-hybridized carbons (Fsp3) is 0.368. The monoisotopic (exact) mass is 401 g/mol. The van der Waals surface area contributed by atoms with Crippen LogP contribution in [0.2, 0.25) is 0 Å². The van der Waals surface area contributed by atoms with E-state index in [-0.39, 0.29) is 30.0 Å². The third-order valence-corrected chi connectivity index (χ3v) is 5.68. The molecule has 0 saturated carbocycles. The molecule has 0 fully saturated rings. The number of furan rings is 1. The van der Waals surface area contributed by atoms with E-state index in [0.29, 0.717) is 17.4 Å². The number of aromatic nitrogens is 3. The highest BCUT2D eigenvalue weighted by molar-refractivity contribution is 7.99. The highest BCUT2D eigenvalue weighted by Gasteiger charge is 2.21. The highest BCUT2D eigenvalue weighted by Crippen LogP contribution is 2.27. The molecular weight excluding hydrogens is 378 g/mol. The van der Waals surface area contributed by atoms with Crippen LogP contribution in [-0.4, -0.2) is 44.3 Å². The highest BCUT2D eigenvalue weighted by atomic mass is 32.2. The van der Waals surface area contributed by atoms with Crippen LogP contribution in [0, 0.1) is 0 Å². The van der Waals surface area contributed by atoms with Crippen molar-refractivity contribution in [2.75, 3.05) is 12.8 Å². The number of hydrogen-bond donors (Lipinski definition) is 1. The lowest BCUT2D eigenvalue weighted by Gasteiger charge is -2.23. The molecule has 2 heterocycles. The summed E-state index contributed by atoms with van der Waals surface area (Å²) >= 11 is 1.31. The van der Waals surface area contributed by atoms with Gasteiger partial charge in [-0.1, -0.05) is 30.0 Å². The maximum absolute atomic E-state index is 12.6. The molecule has 0 saturated heterocycles. The Morgan fingerprint density at radius 1 is 1.32 bits per heavy atom. The number of para-hydroxylation sites is 1. The van der Waals surface area contributed by atoms with Crippen molar-refractivity contribution in [2.24, 2.45) is 12.8 Å². The molecule has 0 aliphatic heterocycles. The quantitative estimate of drug-likeness (QED) is 0.580. The van der Waals surface area contributed by atoms with Gasteiger partial charge in [-0.15, -0.1) is 10.2 Å². The largest absolute Gasteiger partial charge is 0.459 e. The summed E-state index contributed by atoms with van der Waals surface area (Å²) in [5, 5.41) is 9.79. The molecule has 1 unspecified atom stereocenters. The third-order valence-electron chi connectivity index (χ3n) is 4.68. The first kappa shape index (κ1) is 19.9. The van der Waals surface area contributed by atoms with Gasteiger partial charge in [-0.2, -0.15) is 0 Å². The molecule has 2 N–H and O–H groups in total. The average molecular weight is 401 g/mol. The first-order chi connectivity index (χ1) is 13.4. The predicted octanol–water partition coefficient (Wildman–Crippen LogP) is 2.29. The van der Waals surface area contributed by atoms with Gasteiger partial charge in [-0.3, -0.25) is 9.59 Å². The topological polar surface area (TPSA) is 107 Å². The number of aryl methyl sites for hydroxylation is 1. The van der Waals surface area contributed by atoms with Crippen LogP contribution in [0.15, 0.2) is 39.9 Å². The summed E-state index contributed by atoms with van der Waals surface area (Å²) in [7, 11) is 3.57. The van der Waals surface area contributed by atoms with Gasteiger partial charge < -0.3 is 19.6 Å². The van der Waals surface area contributed by atoms with Crippen LogP contribution < -0.4 is 5.73 Å². The molecule has 3 rings (SSSR count). The SMILES string of the molecule is CC(c1cc2ccccc2o1)N(C)C(=O)CSc1nnc(CCC(N)=O)n1C. The zero-order valence-electron chi connectivity index (χ0n) is 16.1. The molecule has 0 aliphatic carbocycles. The van der Waals surface area contributed by atoms with Crippen LogP contribution in [0.5, 0.6) is 0 Å². The van der Waals surface area contributed by atoms with Gasteiger partial charge in [0.25, 0.3) is 0 Å². The number of benzene rings is 1. The van der Waals surface area contributed by atoms with Gasteiger partial charge in [0.2, 0.25) is 11.8 Å². The summed E-state index contributed by atoms with van der Waals surface area (Å²) in [6, 6.07) is 9.54. The van der Waals surface area contributed by atoms with Crippen LogP contribution in [0.4, 0.5) is 0 Å². The molecule has 3 aromatic rings. The van der Waals surface area contributed by atoms with Crippen molar-refractivity contribution in [3.05, 3.63) is 41.9 Å². The van der Waals surface area contributed by atoms with E-state index in [1.807, 2.05) is 44.3 Å². The van der Waals surface area contributed by atoms with Gasteiger partial charge >= 0.3 is 0 Å². The number of carbonyl (C=O) groups excluding carboxylic acids is 2. The zero-order valence-corrected chi connectivity index (χ0v) is 16.9. The fourth-order valence-electron chi connectivity index (χ4n) is 2.77. The second-order valence-electron chi connectivity index (χ2n) is 6.58. The van der Waals surface area contributed by atoms with Crippen LogP contribution >= 0.6 is 11.8 Å². The smallest absolute Gasteiger partial charge is 0.233 e. The third kappa shape index (κ3) is 4.36. The molecule has 28 heavy (non-hydrogen) atoms. The van der Waals surface area contributed by atoms with Crippen LogP contribution in [-0.2, 0) is 23.1 Å². The average Bonchev–Trinajstić information content (AvgIpc) is 3.26. The lowest BCUT2D eigenvalue weighted by Crippen LogP contribution is -2.31. The minimum absolute atomic E-state index is 0.0420. The van der Waals surface area contributed by atoms with Gasteiger partial charge in [0.05, 0.1) is 11.8 Å². The Morgan fingerprint density at radius 3 is 2.79 bits per heavy atom. The van der Waals surface area contributed by atoms with E-state index in [0.717, 1.165) is 16.7 Å². The van der Waals surface area contributed by atoms with Crippen molar-refractivity contribution in [3.8, 4) is 0 Å². The minimum atomic E-state index is -0.381. The summed E-state index contributed by atoms with van der Waals surface area (Å²) in [5.41, 5.74) is 5.98. The summed E-state index contributed by atoms with van der Waals surface area (Å²) in [6.45, 7) is 1.94. The van der Waals surface area contributed by atoms with E-state index in [1.54, 1.807) is 16.5 Å². The molecule has 2 aromatic heterocycles. The van der Waals surface area contributed by atoms with E-state index in [2.05, 4.69) is 10.2 Å². The first-order valence-corrected chi connectivity index (χ1v) is 9.89. The maximum atomic E-state index is 12.6. The molecule has 8 nitrogen and oxygen atoms in total. The Morgan fingerprint density at radius 2 is 2.07 bits per heavy atom. The number of rotatable bonds is 8. The molecular formula is C19H23N5O3S. The Balaban J connectivity index is 1.60. The second-order valence-corrected chi connectivity index (χ2v) is 7.52. The van der Waals surface area contributed by atoms with Gasteiger partial charge in [0.1, 0.15) is 17.2 Å². The predicted molar refractivity (Wildman–Crippen MR) is 107 cm³/mol. The van der Waals surface area contributed by atoms with Crippen molar-refractivity contribution in [2.45, 2.75) is 31.0 Å². The van der Waals surface area contributed by atoms with E-state index in [4.69, 9.17) is 10.2 Å². The first-order valence-electron chi connectivity index (χ1n) is 8.90. The number of hydrogen-bond acceptors (Lipinski definition) is 6. The van der Waals surface area contributed by atoms with Crippen molar-refractivity contribution in [3.63, 3.8) is 0 Å². The lowest BCUT2D eigenvalue weighted by molar-refractivity contribution is -0.129. The van der Waals surface area contributed by atoms with Crippen LogP contribution in [0.3, 0.4) is 0 Å². The van der Waals surface area contributed by atoms with Crippen molar-refractivity contribution < 1.29 is 14.0 Å². The number of fused-ring (bicyclic) bond motifs is 1. The Labute approximate surface area is 167 Å². The standard InChI is InChI=1S/C19H23N5O3S/c1-12(15-10-13-6-4-5-7-14(13)27-15)23(2)18(26)11-28-19-22-21-17(24(19)3)9-8-16(20)25/h4-7,10,12H,8-9,11H2,1-3H3,(H2,20,25). The van der Waals surface area contributed by atoms with Crippen molar-refractivity contribution in [1.29, 1.82) is 0 Å². The summed E-state index contributed by atoms with van der Waals surface area (Å²) in [4.78, 5) is 25.2. The van der Waals surface area contributed by atoms with Crippen LogP contribution in [0.1, 0.15) is 31.0 Å². The molecule has 2 amide bonds. The maximum Gasteiger partial charge on any atom is 0.233 e. The molecule has 1 aromatic carbocycles. The van der Waals surface area contributed by atoms with E-state index in [9.17, 15) is 9.59 Å². The number of primary amides is 1. The van der Waals surface area contributed by atoms with Gasteiger partial charge in [0, 0.05) is 32.3 Å². The molecule has 0 aliphatic rings. The van der Waals surface area contributed by atoms with Crippen molar-refractivity contribution >= 4 is 34.5 Å². The summed E-state index contributed by atoms with van der Waals surface area (Å²) in [6.07, 6.45) is 0.643. The van der Waals surface area contributed by atoms with E-state index in [1.165, 1.54) is 11.8 Å². The summed E-state index contributed by atoms with van der Waals surface area (Å²) in [5.74, 6) is 1.21. The molecule has 0 radical (unpaired) electrons. The number of nitrogens with two attached hydrogens (primary N) is 1. The minimum Gasteiger partial charge on any atom is -0.459 e. The number of carbonyl (C=O) groups is 2. The van der Waals surface area contributed by atoms with E-state index < -0.39 is 0 Å². The van der Waals surface area contributed by atoms with Gasteiger partial charge in [0.15, 0.2) is 5.16 Å².